The number of rotatable bonds is 6. The van der Waals surface area contributed by atoms with Crippen molar-refractivity contribution in [2.45, 2.75) is 46.0 Å². The second-order valence-electron chi connectivity index (χ2n) is 4.87. The van der Waals surface area contributed by atoms with Gasteiger partial charge in [0.05, 0.1) is 39.6 Å². The van der Waals surface area contributed by atoms with E-state index in [1.807, 2.05) is 0 Å². The van der Waals surface area contributed by atoms with Crippen LogP contribution >= 0.6 is 0 Å². The minimum Gasteiger partial charge on any atom is -0.394 e. The molecular formula is C15H36O11. The van der Waals surface area contributed by atoms with Gasteiger partial charge in [0.25, 0.3) is 0 Å². The predicted molar refractivity (Wildman–Crippen MR) is 93.2 cm³/mol. The van der Waals surface area contributed by atoms with Crippen LogP contribution in [0.15, 0.2) is 0 Å². The Hall–Kier alpha value is -1.02. The molecule has 0 saturated carbocycles. The number of ketones is 2. The van der Waals surface area contributed by atoms with Crippen LogP contribution in [-0.2, 0) is 9.59 Å². The number of aliphatic hydroxyl groups excluding tert-OH is 9. The lowest BCUT2D eigenvalue weighted by molar-refractivity contribution is -0.115. The Morgan fingerprint density at radius 3 is 0.577 bits per heavy atom. The zero-order valence-electron chi connectivity index (χ0n) is 15.8. The van der Waals surface area contributed by atoms with Crippen LogP contribution in [0.4, 0.5) is 0 Å². The summed E-state index contributed by atoms with van der Waals surface area (Å²) in [7, 11) is 0. The van der Waals surface area contributed by atoms with E-state index in [2.05, 4.69) is 0 Å². The number of Topliss-reactive ketones (excluding diaryl/α,β-unsaturated/α-hetero) is 2. The first-order chi connectivity index (χ1) is 11.9. The minimum absolute atomic E-state index is 0.167. The molecule has 0 bridgehead atoms. The third-order valence-corrected chi connectivity index (χ3v) is 1.26. The van der Waals surface area contributed by atoms with Crippen molar-refractivity contribution in [3.8, 4) is 0 Å². The molecule has 0 unspecified atom stereocenters. The van der Waals surface area contributed by atoms with E-state index in [9.17, 15) is 9.59 Å². The maximum absolute atomic E-state index is 9.44. The molecule has 9 N–H and O–H groups in total. The average Bonchev–Trinajstić information content (AvgIpc) is 2.59. The smallest absolute Gasteiger partial charge is 0.126 e. The van der Waals surface area contributed by atoms with Crippen molar-refractivity contribution >= 4 is 11.6 Å². The summed E-state index contributed by atoms with van der Waals surface area (Å²) in [6, 6.07) is 0. The van der Waals surface area contributed by atoms with E-state index < -0.39 is 18.3 Å². The molecule has 0 aliphatic rings. The topological polar surface area (TPSA) is 216 Å². The quantitative estimate of drug-likeness (QED) is 0.213. The van der Waals surface area contributed by atoms with E-state index in [0.29, 0.717) is 0 Å². The van der Waals surface area contributed by atoms with E-state index in [1.54, 1.807) is 0 Å². The fraction of sp³-hybridized carbons (Fsp3) is 0.867. The first kappa shape index (κ1) is 36.0. The number of hydrogen-bond donors (Lipinski definition) is 9. The van der Waals surface area contributed by atoms with Gasteiger partial charge in [-0.15, -0.1) is 0 Å². The Balaban J connectivity index is -0.0000000716. The molecule has 0 aliphatic heterocycles. The SMILES string of the molecule is CC(C)=O.CC(C)=O.OCC(O)CO.OCC(O)CO.OCC(O)CO. The molecule has 26 heavy (non-hydrogen) atoms. The van der Waals surface area contributed by atoms with E-state index in [1.165, 1.54) is 27.7 Å². The zero-order valence-corrected chi connectivity index (χ0v) is 15.8. The second-order valence-corrected chi connectivity index (χ2v) is 4.87. The summed E-state index contributed by atoms with van der Waals surface area (Å²) < 4.78 is 0. The molecule has 0 atom stereocenters. The molecule has 0 fully saturated rings. The van der Waals surface area contributed by atoms with Crippen molar-refractivity contribution in [1.82, 2.24) is 0 Å². The molecule has 11 nitrogen and oxygen atoms in total. The summed E-state index contributed by atoms with van der Waals surface area (Å²) in [6.45, 7) is 3.92. The van der Waals surface area contributed by atoms with Gasteiger partial charge in [-0.25, -0.2) is 0 Å². The van der Waals surface area contributed by atoms with Crippen molar-refractivity contribution in [3.63, 3.8) is 0 Å². The standard InChI is InChI=1S/3C3H8O3.2C3H6O/c3*4-1-3(6)2-5;2*1-3(2)4/h3*3-6H,1-2H2;2*1-2H3. The van der Waals surface area contributed by atoms with Gasteiger partial charge >= 0.3 is 0 Å². The van der Waals surface area contributed by atoms with Crippen molar-refractivity contribution < 1.29 is 55.5 Å². The largest absolute Gasteiger partial charge is 0.394 e. The van der Waals surface area contributed by atoms with Gasteiger partial charge in [-0.3, -0.25) is 0 Å². The predicted octanol–water partition coefficient (Wildman–Crippen LogP) is -3.81. The molecule has 0 heterocycles. The van der Waals surface area contributed by atoms with Gasteiger partial charge in [0.15, 0.2) is 0 Å². The summed E-state index contributed by atoms with van der Waals surface area (Å²) >= 11 is 0. The molecule has 0 radical (unpaired) electrons. The lowest BCUT2D eigenvalue weighted by atomic mass is 10.4. The highest BCUT2D eigenvalue weighted by atomic mass is 16.4. The molecule has 0 aromatic carbocycles. The third kappa shape index (κ3) is 92.1. The molecule has 162 valence electrons. The highest BCUT2D eigenvalue weighted by Gasteiger charge is 1.94. The summed E-state index contributed by atoms with van der Waals surface area (Å²) in [6.07, 6.45) is -2.86. The number of aliphatic hydroxyl groups is 9. The van der Waals surface area contributed by atoms with E-state index in [0.717, 1.165) is 0 Å². The average molecular weight is 392 g/mol. The molecule has 0 rings (SSSR count). The van der Waals surface area contributed by atoms with Crippen molar-refractivity contribution in [2.24, 2.45) is 0 Å². The Morgan fingerprint density at radius 1 is 0.500 bits per heavy atom. The van der Waals surface area contributed by atoms with E-state index in [-0.39, 0.29) is 51.2 Å². The lowest BCUT2D eigenvalue weighted by Gasteiger charge is -1.96. The van der Waals surface area contributed by atoms with Gasteiger partial charge in [-0.05, 0) is 27.7 Å². The summed E-state index contributed by atoms with van der Waals surface area (Å²) in [5, 5.41) is 72.0. The summed E-state index contributed by atoms with van der Waals surface area (Å²) in [4.78, 5) is 18.9. The van der Waals surface area contributed by atoms with Crippen LogP contribution in [0.1, 0.15) is 27.7 Å². The molecule has 11 heteroatoms. The van der Waals surface area contributed by atoms with Crippen LogP contribution in [0, 0.1) is 0 Å². The van der Waals surface area contributed by atoms with E-state index in [4.69, 9.17) is 46.0 Å². The van der Waals surface area contributed by atoms with Crippen LogP contribution in [0.5, 0.6) is 0 Å². The molecule has 0 spiro atoms. The van der Waals surface area contributed by atoms with Gasteiger partial charge < -0.3 is 55.5 Å². The van der Waals surface area contributed by atoms with Crippen LogP contribution in [0.25, 0.3) is 0 Å². The van der Waals surface area contributed by atoms with Gasteiger partial charge in [-0.1, -0.05) is 0 Å². The third-order valence-electron chi connectivity index (χ3n) is 1.26. The molecular weight excluding hydrogens is 356 g/mol. The van der Waals surface area contributed by atoms with Gasteiger partial charge in [-0.2, -0.15) is 0 Å². The molecule has 0 aliphatic carbocycles. The highest BCUT2D eigenvalue weighted by molar-refractivity contribution is 5.72. The lowest BCUT2D eigenvalue weighted by Crippen LogP contribution is -2.15. The van der Waals surface area contributed by atoms with Gasteiger partial charge in [0, 0.05) is 0 Å². The summed E-state index contributed by atoms with van der Waals surface area (Å²) in [5.41, 5.74) is 0. The Kier molecular flexibility index (Phi) is 43.9. The van der Waals surface area contributed by atoms with Crippen molar-refractivity contribution in [3.05, 3.63) is 0 Å². The van der Waals surface area contributed by atoms with Gasteiger partial charge in [0.1, 0.15) is 29.9 Å². The molecule has 0 amide bonds. The van der Waals surface area contributed by atoms with E-state index >= 15 is 0 Å². The zero-order chi connectivity index (χ0) is 22.1. The fourth-order valence-corrected chi connectivity index (χ4v) is 0.173. The van der Waals surface area contributed by atoms with Crippen LogP contribution < -0.4 is 0 Å². The fourth-order valence-electron chi connectivity index (χ4n) is 0.173. The van der Waals surface area contributed by atoms with Crippen molar-refractivity contribution in [2.75, 3.05) is 39.6 Å². The summed E-state index contributed by atoms with van der Waals surface area (Å²) in [5.74, 6) is 0.333. The Labute approximate surface area is 153 Å². The maximum Gasteiger partial charge on any atom is 0.126 e. The monoisotopic (exact) mass is 392 g/mol. The molecule has 0 saturated heterocycles. The minimum atomic E-state index is -0.954. The number of carbonyl (C=O) groups is 2. The normalized spacial score (nSPS) is 8.92. The number of hydrogen-bond acceptors (Lipinski definition) is 11. The van der Waals surface area contributed by atoms with Crippen LogP contribution in [0.3, 0.4) is 0 Å². The van der Waals surface area contributed by atoms with Crippen molar-refractivity contribution in [1.29, 1.82) is 0 Å². The van der Waals surface area contributed by atoms with Crippen LogP contribution in [0.2, 0.25) is 0 Å². The second kappa shape index (κ2) is 31.7. The highest BCUT2D eigenvalue weighted by Crippen LogP contribution is 1.72. The maximum atomic E-state index is 9.44. The molecule has 0 aromatic rings. The number of carbonyl (C=O) groups excluding carboxylic acids is 2. The molecule has 0 aromatic heterocycles. The first-order valence-electron chi connectivity index (χ1n) is 7.53. The Bertz CT molecular complexity index is 219. The van der Waals surface area contributed by atoms with Crippen LogP contribution in [-0.4, -0.2) is 115 Å². The van der Waals surface area contributed by atoms with Gasteiger partial charge in [0.2, 0.25) is 0 Å². The Morgan fingerprint density at radius 2 is 0.577 bits per heavy atom. The first-order valence-corrected chi connectivity index (χ1v) is 7.53.